The Kier molecular flexibility index (Phi) is 4.53. The van der Waals surface area contributed by atoms with Crippen molar-refractivity contribution in [2.75, 3.05) is 13.2 Å². The van der Waals surface area contributed by atoms with E-state index in [1.165, 1.54) is 5.56 Å². The largest absolute Gasteiger partial charge is 0.376 e. The van der Waals surface area contributed by atoms with Crippen molar-refractivity contribution in [1.82, 2.24) is 14.9 Å². The highest BCUT2D eigenvalue weighted by atomic mass is 16.5. The maximum absolute atomic E-state index is 12.7. The molecule has 1 unspecified atom stereocenters. The number of hydrogen-bond acceptors (Lipinski definition) is 3. The van der Waals surface area contributed by atoms with Gasteiger partial charge >= 0.3 is 0 Å². The fourth-order valence-electron chi connectivity index (χ4n) is 2.82. The van der Waals surface area contributed by atoms with Crippen molar-refractivity contribution in [3.63, 3.8) is 0 Å². The second-order valence-electron chi connectivity index (χ2n) is 5.75. The molecule has 3 rings (SSSR count). The van der Waals surface area contributed by atoms with Crippen molar-refractivity contribution in [2.24, 2.45) is 0 Å². The van der Waals surface area contributed by atoms with E-state index in [-0.39, 0.29) is 12.0 Å². The fraction of sp³-hybridized carbons (Fsp3) is 0.412. The molecule has 1 aromatic heterocycles. The Labute approximate surface area is 130 Å². The third-order valence-electron chi connectivity index (χ3n) is 3.89. The zero-order valence-electron chi connectivity index (χ0n) is 12.8. The second kappa shape index (κ2) is 6.75. The lowest BCUT2D eigenvalue weighted by Gasteiger charge is -2.25. The van der Waals surface area contributed by atoms with Crippen molar-refractivity contribution in [3.8, 4) is 0 Å². The van der Waals surface area contributed by atoms with Gasteiger partial charge in [-0.25, -0.2) is 4.98 Å². The molecular weight excluding hydrogens is 278 g/mol. The highest BCUT2D eigenvalue weighted by molar-refractivity contribution is 5.90. The van der Waals surface area contributed by atoms with E-state index < -0.39 is 0 Å². The van der Waals surface area contributed by atoms with Crippen LogP contribution in [0.4, 0.5) is 0 Å². The third kappa shape index (κ3) is 3.54. The van der Waals surface area contributed by atoms with Crippen LogP contribution < -0.4 is 0 Å². The zero-order valence-corrected chi connectivity index (χ0v) is 12.8. The van der Waals surface area contributed by atoms with Crippen molar-refractivity contribution >= 4 is 5.91 Å². The van der Waals surface area contributed by atoms with Crippen molar-refractivity contribution in [3.05, 3.63) is 53.6 Å². The predicted molar refractivity (Wildman–Crippen MR) is 83.5 cm³/mol. The lowest BCUT2D eigenvalue weighted by Crippen LogP contribution is -2.37. The quantitative estimate of drug-likeness (QED) is 0.923. The number of nitrogens with zero attached hydrogens (tertiary/aromatic N) is 2. The van der Waals surface area contributed by atoms with Gasteiger partial charge in [-0.15, -0.1) is 0 Å². The summed E-state index contributed by atoms with van der Waals surface area (Å²) >= 11 is 0. The van der Waals surface area contributed by atoms with Gasteiger partial charge in [0.05, 0.1) is 6.10 Å². The molecule has 1 aliphatic heterocycles. The third-order valence-corrected chi connectivity index (χ3v) is 3.89. The predicted octanol–water partition coefficient (Wildman–Crippen LogP) is 2.54. The van der Waals surface area contributed by atoms with Crippen LogP contribution in [0.1, 0.15) is 34.6 Å². The topological polar surface area (TPSA) is 58.2 Å². The van der Waals surface area contributed by atoms with E-state index in [9.17, 15) is 4.79 Å². The molecule has 116 valence electrons. The van der Waals surface area contributed by atoms with Crippen LogP contribution in [0.15, 0.2) is 36.7 Å². The standard InChI is InChI=1S/C17H21N3O2/c1-13-4-2-5-14(10-13)11-20(12-15-6-3-9-22-15)17(21)16-18-7-8-19-16/h2,4-5,7-8,10,15H,3,6,9,11-12H2,1H3,(H,18,19). The number of benzene rings is 1. The minimum atomic E-state index is -0.0815. The smallest absolute Gasteiger partial charge is 0.290 e. The van der Waals surface area contributed by atoms with E-state index in [2.05, 4.69) is 29.0 Å². The summed E-state index contributed by atoms with van der Waals surface area (Å²) in [5, 5.41) is 0. The van der Waals surface area contributed by atoms with Gasteiger partial charge in [0.15, 0.2) is 5.82 Å². The van der Waals surface area contributed by atoms with Crippen LogP contribution >= 0.6 is 0 Å². The molecule has 5 heteroatoms. The first kappa shape index (κ1) is 14.8. The summed E-state index contributed by atoms with van der Waals surface area (Å²) in [5.41, 5.74) is 2.32. The van der Waals surface area contributed by atoms with E-state index in [0.29, 0.717) is 18.9 Å². The van der Waals surface area contributed by atoms with Gasteiger partial charge in [0, 0.05) is 32.1 Å². The van der Waals surface area contributed by atoms with E-state index in [1.807, 2.05) is 17.0 Å². The van der Waals surface area contributed by atoms with Crippen molar-refractivity contribution < 1.29 is 9.53 Å². The molecule has 5 nitrogen and oxygen atoms in total. The summed E-state index contributed by atoms with van der Waals surface area (Å²) < 4.78 is 5.69. The van der Waals surface area contributed by atoms with Crippen LogP contribution in [-0.2, 0) is 11.3 Å². The Morgan fingerprint density at radius 2 is 2.41 bits per heavy atom. The molecule has 1 aromatic carbocycles. The van der Waals surface area contributed by atoms with Crippen LogP contribution in [0.2, 0.25) is 0 Å². The van der Waals surface area contributed by atoms with Crippen LogP contribution in [0.3, 0.4) is 0 Å². The average molecular weight is 299 g/mol. The number of carbonyl (C=O) groups is 1. The number of nitrogens with one attached hydrogen (secondary N) is 1. The summed E-state index contributed by atoms with van der Waals surface area (Å²) in [5.74, 6) is 0.299. The Bertz CT molecular complexity index is 619. The van der Waals surface area contributed by atoms with Gasteiger partial charge in [-0.05, 0) is 25.3 Å². The van der Waals surface area contributed by atoms with Gasteiger partial charge < -0.3 is 14.6 Å². The number of aromatic amines is 1. The lowest BCUT2D eigenvalue weighted by molar-refractivity contribution is 0.0499. The summed E-state index contributed by atoms with van der Waals surface area (Å²) in [6.45, 7) is 4.02. The fourth-order valence-corrected chi connectivity index (χ4v) is 2.82. The molecule has 1 fully saturated rings. The van der Waals surface area contributed by atoms with Gasteiger partial charge in [-0.1, -0.05) is 29.8 Å². The normalized spacial score (nSPS) is 17.6. The van der Waals surface area contributed by atoms with Crippen LogP contribution in [0.25, 0.3) is 0 Å². The SMILES string of the molecule is Cc1cccc(CN(CC2CCCO2)C(=O)c2ncc[nH]2)c1. The second-order valence-corrected chi connectivity index (χ2v) is 5.75. The monoisotopic (exact) mass is 299 g/mol. The van der Waals surface area contributed by atoms with Crippen LogP contribution in [-0.4, -0.2) is 40.0 Å². The number of aryl methyl sites for hydroxylation is 1. The molecular formula is C17H21N3O2. The molecule has 22 heavy (non-hydrogen) atoms. The molecule has 2 heterocycles. The molecule has 0 saturated carbocycles. The Morgan fingerprint density at radius 3 is 3.09 bits per heavy atom. The van der Waals surface area contributed by atoms with E-state index >= 15 is 0 Å². The molecule has 0 bridgehead atoms. The summed E-state index contributed by atoms with van der Waals surface area (Å²) in [4.78, 5) is 21.5. The summed E-state index contributed by atoms with van der Waals surface area (Å²) in [6.07, 6.45) is 5.48. The van der Waals surface area contributed by atoms with Crippen LogP contribution in [0.5, 0.6) is 0 Å². The van der Waals surface area contributed by atoms with E-state index in [4.69, 9.17) is 4.74 Å². The highest BCUT2D eigenvalue weighted by Crippen LogP contribution is 2.17. The van der Waals surface area contributed by atoms with E-state index in [0.717, 1.165) is 25.0 Å². The molecule has 1 aliphatic rings. The molecule has 1 atom stereocenters. The number of H-pyrrole nitrogens is 1. The Morgan fingerprint density at radius 1 is 1.50 bits per heavy atom. The number of rotatable bonds is 5. The van der Waals surface area contributed by atoms with Crippen LogP contribution in [0, 0.1) is 6.92 Å². The van der Waals surface area contributed by atoms with Gasteiger partial charge in [-0.3, -0.25) is 4.79 Å². The summed E-state index contributed by atoms with van der Waals surface area (Å²) in [6, 6.07) is 8.23. The number of aromatic nitrogens is 2. The first-order valence-electron chi connectivity index (χ1n) is 7.68. The number of amides is 1. The Balaban J connectivity index is 1.77. The number of ether oxygens (including phenoxy) is 1. The van der Waals surface area contributed by atoms with Gasteiger partial charge in [0.25, 0.3) is 5.91 Å². The minimum Gasteiger partial charge on any atom is -0.376 e. The zero-order chi connectivity index (χ0) is 15.4. The first-order chi connectivity index (χ1) is 10.7. The molecule has 1 amide bonds. The molecule has 0 spiro atoms. The minimum absolute atomic E-state index is 0.0815. The van der Waals surface area contributed by atoms with Gasteiger partial charge in [0.1, 0.15) is 0 Å². The number of imidazole rings is 1. The lowest BCUT2D eigenvalue weighted by atomic mass is 10.1. The number of hydrogen-bond donors (Lipinski definition) is 1. The van der Waals surface area contributed by atoms with E-state index in [1.54, 1.807) is 12.4 Å². The van der Waals surface area contributed by atoms with Gasteiger partial charge in [-0.2, -0.15) is 0 Å². The summed E-state index contributed by atoms with van der Waals surface area (Å²) in [7, 11) is 0. The molecule has 0 radical (unpaired) electrons. The molecule has 2 aromatic rings. The molecule has 1 saturated heterocycles. The maximum atomic E-state index is 12.7. The average Bonchev–Trinajstić information content (AvgIpc) is 3.19. The Hall–Kier alpha value is -2.14. The van der Waals surface area contributed by atoms with Crippen molar-refractivity contribution in [2.45, 2.75) is 32.4 Å². The first-order valence-corrected chi connectivity index (χ1v) is 7.68. The maximum Gasteiger partial charge on any atom is 0.290 e. The molecule has 0 aliphatic carbocycles. The molecule has 1 N–H and O–H groups in total. The van der Waals surface area contributed by atoms with Gasteiger partial charge in [0.2, 0.25) is 0 Å². The van der Waals surface area contributed by atoms with Crippen molar-refractivity contribution in [1.29, 1.82) is 0 Å². The number of carbonyl (C=O) groups excluding carboxylic acids is 1. The highest BCUT2D eigenvalue weighted by Gasteiger charge is 2.24.